The zero-order chi connectivity index (χ0) is 25.7. The summed E-state index contributed by atoms with van der Waals surface area (Å²) in [5, 5.41) is 2.17. The van der Waals surface area contributed by atoms with Crippen molar-refractivity contribution < 1.29 is 28.7 Å². The van der Waals surface area contributed by atoms with Crippen molar-refractivity contribution in [2.75, 3.05) is 12.0 Å². The molecule has 36 heavy (non-hydrogen) atoms. The molecular weight excluding hydrogens is 528 g/mol. The Morgan fingerprint density at radius 2 is 1.69 bits per heavy atom. The number of anilines is 1. The summed E-state index contributed by atoms with van der Waals surface area (Å²) in [4.78, 5) is 51.5. The van der Waals surface area contributed by atoms with Gasteiger partial charge in [0.15, 0.2) is 0 Å². The Bertz CT molecular complexity index is 1400. The molecule has 0 aliphatic carbocycles. The lowest BCUT2D eigenvalue weighted by Crippen LogP contribution is -2.54. The van der Waals surface area contributed by atoms with Crippen LogP contribution in [0.1, 0.15) is 11.1 Å². The van der Waals surface area contributed by atoms with Crippen LogP contribution < -0.4 is 19.7 Å². The standard InChI is InChI=1S/C27H19BrN2O6/c1-35-21-11-9-20(10-12-21)30-26(33)22(25(32)29-27(30)34)16-18-15-19(28)8-13-23(18)36-24(31)14-7-17-5-3-2-4-6-17/h2-16H,1H3,(H,29,32,34)/b14-7+,22-16-. The molecule has 3 aromatic carbocycles. The van der Waals surface area contributed by atoms with Crippen LogP contribution in [0.25, 0.3) is 12.2 Å². The maximum atomic E-state index is 13.2. The van der Waals surface area contributed by atoms with Gasteiger partial charge >= 0.3 is 12.0 Å². The Kier molecular flexibility index (Phi) is 7.41. The Balaban J connectivity index is 1.63. The van der Waals surface area contributed by atoms with Crippen LogP contribution in [-0.2, 0) is 14.4 Å². The molecule has 0 saturated carbocycles. The van der Waals surface area contributed by atoms with Gasteiger partial charge in [0.2, 0.25) is 0 Å². The minimum atomic E-state index is -0.876. The molecule has 180 valence electrons. The van der Waals surface area contributed by atoms with E-state index < -0.39 is 23.8 Å². The second-order valence-corrected chi connectivity index (χ2v) is 8.42. The van der Waals surface area contributed by atoms with Gasteiger partial charge in [0, 0.05) is 16.1 Å². The van der Waals surface area contributed by atoms with Crippen molar-refractivity contribution in [1.82, 2.24) is 5.32 Å². The number of barbiturate groups is 1. The zero-order valence-corrected chi connectivity index (χ0v) is 20.5. The highest BCUT2D eigenvalue weighted by atomic mass is 79.9. The molecule has 3 aromatic rings. The van der Waals surface area contributed by atoms with Crippen LogP contribution in [0.2, 0.25) is 0 Å². The van der Waals surface area contributed by atoms with E-state index in [0.29, 0.717) is 10.2 Å². The van der Waals surface area contributed by atoms with Crippen molar-refractivity contribution in [2.45, 2.75) is 0 Å². The molecule has 4 amide bonds. The molecule has 9 heteroatoms. The molecular formula is C27H19BrN2O6. The Morgan fingerprint density at radius 1 is 0.972 bits per heavy atom. The summed E-state index contributed by atoms with van der Waals surface area (Å²) in [7, 11) is 1.49. The predicted molar refractivity (Wildman–Crippen MR) is 137 cm³/mol. The van der Waals surface area contributed by atoms with Crippen LogP contribution in [0, 0.1) is 0 Å². The lowest BCUT2D eigenvalue weighted by Gasteiger charge is -2.26. The third-order valence-corrected chi connectivity index (χ3v) is 5.62. The number of amides is 4. The largest absolute Gasteiger partial charge is 0.497 e. The topological polar surface area (TPSA) is 102 Å². The molecule has 1 saturated heterocycles. The fourth-order valence-corrected chi connectivity index (χ4v) is 3.75. The third kappa shape index (κ3) is 5.59. The minimum Gasteiger partial charge on any atom is -0.497 e. The molecule has 1 aliphatic heterocycles. The van der Waals surface area contributed by atoms with Crippen LogP contribution in [0.15, 0.2) is 88.9 Å². The number of esters is 1. The van der Waals surface area contributed by atoms with Crippen LogP contribution in [-0.4, -0.2) is 30.9 Å². The van der Waals surface area contributed by atoms with Crippen molar-refractivity contribution in [1.29, 1.82) is 0 Å². The first-order chi connectivity index (χ1) is 17.4. The number of nitrogens with zero attached hydrogens (tertiary/aromatic N) is 1. The lowest BCUT2D eigenvalue weighted by atomic mass is 10.1. The first kappa shape index (κ1) is 24.6. The number of rotatable bonds is 6. The monoisotopic (exact) mass is 546 g/mol. The number of methoxy groups -OCH3 is 1. The molecule has 0 aromatic heterocycles. The van der Waals surface area contributed by atoms with E-state index in [1.807, 2.05) is 30.3 Å². The van der Waals surface area contributed by atoms with Gasteiger partial charge in [-0.3, -0.25) is 14.9 Å². The summed E-state index contributed by atoms with van der Waals surface area (Å²) < 4.78 is 11.2. The first-order valence-electron chi connectivity index (χ1n) is 10.7. The summed E-state index contributed by atoms with van der Waals surface area (Å²) in [6.45, 7) is 0. The molecule has 4 rings (SSSR count). The summed E-state index contributed by atoms with van der Waals surface area (Å²) in [6, 6.07) is 19.3. The number of halogens is 1. The van der Waals surface area contributed by atoms with Gasteiger partial charge in [-0.1, -0.05) is 46.3 Å². The summed E-state index contributed by atoms with van der Waals surface area (Å²) >= 11 is 3.35. The van der Waals surface area contributed by atoms with E-state index in [9.17, 15) is 19.2 Å². The average molecular weight is 547 g/mol. The molecule has 0 spiro atoms. The number of carbonyl (C=O) groups is 4. The van der Waals surface area contributed by atoms with Gasteiger partial charge in [0.1, 0.15) is 17.1 Å². The average Bonchev–Trinajstić information content (AvgIpc) is 2.87. The van der Waals surface area contributed by atoms with E-state index in [-0.39, 0.29) is 22.6 Å². The van der Waals surface area contributed by atoms with Crippen molar-refractivity contribution in [3.8, 4) is 11.5 Å². The molecule has 8 nitrogen and oxygen atoms in total. The smallest absolute Gasteiger partial charge is 0.336 e. The number of imide groups is 2. The maximum absolute atomic E-state index is 13.2. The van der Waals surface area contributed by atoms with E-state index in [0.717, 1.165) is 10.5 Å². The molecule has 0 unspecified atom stereocenters. The highest BCUT2D eigenvalue weighted by Crippen LogP contribution is 2.29. The fraction of sp³-hybridized carbons (Fsp3) is 0.0370. The van der Waals surface area contributed by atoms with Gasteiger partial charge in [-0.05, 0) is 60.2 Å². The minimum absolute atomic E-state index is 0.127. The van der Waals surface area contributed by atoms with Crippen LogP contribution in [0.5, 0.6) is 11.5 Å². The normalized spacial score (nSPS) is 14.8. The number of carbonyl (C=O) groups excluding carboxylic acids is 4. The maximum Gasteiger partial charge on any atom is 0.336 e. The Hall–Kier alpha value is -4.50. The van der Waals surface area contributed by atoms with E-state index in [1.165, 1.54) is 37.5 Å². The van der Waals surface area contributed by atoms with Crippen molar-refractivity contribution in [3.05, 3.63) is 100 Å². The number of nitrogens with one attached hydrogen (secondary N) is 1. The summed E-state index contributed by atoms with van der Waals surface area (Å²) in [5.41, 5.74) is 1.05. The van der Waals surface area contributed by atoms with Crippen molar-refractivity contribution in [2.24, 2.45) is 0 Å². The lowest BCUT2D eigenvalue weighted by molar-refractivity contribution is -0.129. The number of hydrogen-bond acceptors (Lipinski definition) is 6. The molecule has 1 aliphatic rings. The van der Waals surface area contributed by atoms with E-state index >= 15 is 0 Å². The fourth-order valence-electron chi connectivity index (χ4n) is 3.37. The van der Waals surface area contributed by atoms with Crippen LogP contribution >= 0.6 is 15.9 Å². The summed E-state index contributed by atoms with van der Waals surface area (Å²) in [5.74, 6) is -1.67. The highest BCUT2D eigenvalue weighted by Gasteiger charge is 2.37. The highest BCUT2D eigenvalue weighted by molar-refractivity contribution is 9.10. The molecule has 0 bridgehead atoms. The van der Waals surface area contributed by atoms with Gasteiger partial charge in [0.05, 0.1) is 12.8 Å². The molecule has 0 atom stereocenters. The molecule has 1 N–H and O–H groups in total. The van der Waals surface area contributed by atoms with E-state index in [1.54, 1.807) is 30.3 Å². The Labute approximate surface area is 214 Å². The molecule has 0 radical (unpaired) electrons. The second kappa shape index (κ2) is 10.8. The second-order valence-electron chi connectivity index (χ2n) is 7.50. The van der Waals surface area contributed by atoms with Crippen LogP contribution in [0.3, 0.4) is 0 Å². The molecule has 1 heterocycles. The van der Waals surface area contributed by atoms with Gasteiger partial charge in [-0.15, -0.1) is 0 Å². The Morgan fingerprint density at radius 3 is 2.39 bits per heavy atom. The third-order valence-electron chi connectivity index (χ3n) is 5.13. The quantitative estimate of drug-likeness (QED) is 0.207. The van der Waals surface area contributed by atoms with E-state index in [2.05, 4.69) is 21.2 Å². The number of hydrogen-bond donors (Lipinski definition) is 1. The van der Waals surface area contributed by atoms with Gasteiger partial charge in [-0.25, -0.2) is 14.5 Å². The predicted octanol–water partition coefficient (Wildman–Crippen LogP) is 4.74. The number of ether oxygens (including phenoxy) is 2. The summed E-state index contributed by atoms with van der Waals surface area (Å²) in [6.07, 6.45) is 4.15. The van der Waals surface area contributed by atoms with Crippen molar-refractivity contribution in [3.63, 3.8) is 0 Å². The van der Waals surface area contributed by atoms with E-state index in [4.69, 9.17) is 9.47 Å². The molecule has 1 fully saturated rings. The van der Waals surface area contributed by atoms with Gasteiger partial charge in [-0.2, -0.15) is 0 Å². The SMILES string of the molecule is COc1ccc(N2C(=O)NC(=O)/C(=C/c3cc(Br)ccc3OC(=O)/C=C/c3ccccc3)C2=O)cc1. The first-order valence-corrected chi connectivity index (χ1v) is 11.4. The van der Waals surface area contributed by atoms with Crippen molar-refractivity contribution >= 4 is 57.6 Å². The van der Waals surface area contributed by atoms with Gasteiger partial charge in [0.25, 0.3) is 11.8 Å². The zero-order valence-electron chi connectivity index (χ0n) is 18.9. The number of benzene rings is 3. The van der Waals surface area contributed by atoms with Crippen LogP contribution in [0.4, 0.5) is 10.5 Å². The number of urea groups is 1. The van der Waals surface area contributed by atoms with Gasteiger partial charge < -0.3 is 9.47 Å².